The second kappa shape index (κ2) is 6.82. The number of carbonyl (C=O) groups is 2. The van der Waals surface area contributed by atoms with Crippen LogP contribution in [-0.2, 0) is 19.1 Å². The first-order chi connectivity index (χ1) is 10.3. The van der Waals surface area contributed by atoms with E-state index in [4.69, 9.17) is 9.47 Å². The van der Waals surface area contributed by atoms with Crippen molar-refractivity contribution in [2.24, 2.45) is 17.8 Å². The van der Waals surface area contributed by atoms with Gasteiger partial charge in [0.15, 0.2) is 0 Å². The van der Waals surface area contributed by atoms with Gasteiger partial charge in [0.25, 0.3) is 0 Å². The number of carbonyl (C=O) groups excluding carboxylic acids is 2. The molecular weight excluding hydrogens is 284 g/mol. The maximum absolute atomic E-state index is 11.7. The number of aliphatic hydroxyl groups is 1. The first kappa shape index (κ1) is 17.0. The van der Waals surface area contributed by atoms with Crippen LogP contribution >= 0.6 is 0 Å². The Morgan fingerprint density at radius 1 is 1.50 bits per heavy atom. The molecule has 1 heterocycles. The van der Waals surface area contributed by atoms with Gasteiger partial charge in [0, 0.05) is 19.3 Å². The average Bonchev–Trinajstić information content (AvgIpc) is 2.56. The largest absolute Gasteiger partial charge is 0.463 e. The molecule has 0 aromatic rings. The maximum atomic E-state index is 11.7. The number of fused-ring (bicyclic) bond motifs is 1. The smallest absolute Gasteiger partial charge is 0.309 e. The second-order valence-corrected chi connectivity index (χ2v) is 6.68. The Morgan fingerprint density at radius 2 is 2.18 bits per heavy atom. The summed E-state index contributed by atoms with van der Waals surface area (Å²) in [5.41, 5.74) is 0.969. The highest BCUT2D eigenvalue weighted by atomic mass is 16.6. The lowest BCUT2D eigenvalue weighted by molar-refractivity contribution is -0.146. The molecule has 0 radical (unpaired) electrons. The summed E-state index contributed by atoms with van der Waals surface area (Å²) in [5.74, 6) is -0.177. The lowest BCUT2D eigenvalue weighted by atomic mass is 9.87. The van der Waals surface area contributed by atoms with Gasteiger partial charge in [-0.2, -0.15) is 0 Å². The Morgan fingerprint density at radius 3 is 2.82 bits per heavy atom. The van der Waals surface area contributed by atoms with Crippen molar-refractivity contribution in [1.29, 1.82) is 0 Å². The summed E-state index contributed by atoms with van der Waals surface area (Å²) in [6, 6.07) is 0. The Kier molecular flexibility index (Phi) is 5.27. The number of aliphatic hydroxyl groups excluding tert-OH is 1. The number of esters is 2. The Hall–Kier alpha value is -1.36. The van der Waals surface area contributed by atoms with E-state index in [0.717, 1.165) is 18.4 Å². The van der Waals surface area contributed by atoms with Crippen LogP contribution in [-0.4, -0.2) is 35.4 Å². The minimum Gasteiger partial charge on any atom is -0.463 e. The molecule has 0 bridgehead atoms. The van der Waals surface area contributed by atoms with Crippen molar-refractivity contribution in [2.45, 2.75) is 65.3 Å². The highest BCUT2D eigenvalue weighted by Gasteiger charge is 2.43. The molecule has 124 valence electrons. The van der Waals surface area contributed by atoms with Crippen LogP contribution in [0, 0.1) is 17.8 Å². The molecule has 1 aliphatic heterocycles. The molecule has 1 fully saturated rings. The Balaban J connectivity index is 2.03. The van der Waals surface area contributed by atoms with Crippen molar-refractivity contribution in [2.75, 3.05) is 0 Å². The summed E-state index contributed by atoms with van der Waals surface area (Å²) in [4.78, 5) is 22.6. The molecule has 5 nitrogen and oxygen atoms in total. The van der Waals surface area contributed by atoms with Gasteiger partial charge < -0.3 is 14.6 Å². The third kappa shape index (κ3) is 3.69. The van der Waals surface area contributed by atoms with E-state index in [0.29, 0.717) is 6.42 Å². The molecule has 6 atom stereocenters. The van der Waals surface area contributed by atoms with Crippen molar-refractivity contribution < 1.29 is 24.2 Å². The zero-order chi connectivity index (χ0) is 16.4. The molecule has 2 aliphatic rings. The third-order valence-corrected chi connectivity index (χ3v) is 4.85. The SMILES string of the molecule is CC(=O)O[C@@H](C)C[C@H](O)C1=CC[C@@H]2C(C)C(=O)O[C@@H]2C[C@@H]1C. The summed E-state index contributed by atoms with van der Waals surface area (Å²) in [7, 11) is 0. The van der Waals surface area contributed by atoms with E-state index in [1.54, 1.807) is 6.92 Å². The van der Waals surface area contributed by atoms with Crippen molar-refractivity contribution >= 4 is 11.9 Å². The first-order valence-electron chi connectivity index (χ1n) is 8.05. The molecule has 0 aromatic carbocycles. The zero-order valence-electron chi connectivity index (χ0n) is 13.7. The quantitative estimate of drug-likeness (QED) is 0.637. The highest BCUT2D eigenvalue weighted by Crippen LogP contribution is 2.40. The molecule has 1 N–H and O–H groups in total. The van der Waals surface area contributed by atoms with Crippen LogP contribution in [0.4, 0.5) is 0 Å². The number of ether oxygens (including phenoxy) is 2. The van der Waals surface area contributed by atoms with E-state index >= 15 is 0 Å². The van der Waals surface area contributed by atoms with Crippen LogP contribution in [0.3, 0.4) is 0 Å². The summed E-state index contributed by atoms with van der Waals surface area (Å²) in [6.07, 6.45) is 2.93. The van der Waals surface area contributed by atoms with E-state index in [1.165, 1.54) is 6.92 Å². The molecule has 1 unspecified atom stereocenters. The minimum absolute atomic E-state index is 0.0515. The van der Waals surface area contributed by atoms with Gasteiger partial charge in [-0.1, -0.05) is 19.9 Å². The predicted molar refractivity (Wildman–Crippen MR) is 80.9 cm³/mol. The van der Waals surface area contributed by atoms with E-state index in [9.17, 15) is 14.7 Å². The standard InChI is InChI=1S/C17H26O5/c1-9-7-16-14(11(3)17(20)22-16)6-5-13(9)15(19)8-10(2)21-12(4)18/h5,9-11,14-16,19H,6-8H2,1-4H3/t9-,10-,11?,14+,15-,16+/m0/s1. The molecular formula is C17H26O5. The molecule has 2 rings (SSSR count). The molecule has 0 spiro atoms. The lowest BCUT2D eigenvalue weighted by Gasteiger charge is -2.24. The first-order valence-corrected chi connectivity index (χ1v) is 8.05. The Labute approximate surface area is 131 Å². The molecule has 0 saturated carbocycles. The van der Waals surface area contributed by atoms with Gasteiger partial charge in [-0.3, -0.25) is 9.59 Å². The topological polar surface area (TPSA) is 72.8 Å². The van der Waals surface area contributed by atoms with Crippen LogP contribution in [0.5, 0.6) is 0 Å². The monoisotopic (exact) mass is 310 g/mol. The van der Waals surface area contributed by atoms with Crippen molar-refractivity contribution in [3.8, 4) is 0 Å². The lowest BCUT2D eigenvalue weighted by Crippen LogP contribution is -2.25. The van der Waals surface area contributed by atoms with Crippen LogP contribution in [0.2, 0.25) is 0 Å². The number of hydrogen-bond donors (Lipinski definition) is 1. The van der Waals surface area contributed by atoms with Gasteiger partial charge in [0.1, 0.15) is 12.2 Å². The fourth-order valence-corrected chi connectivity index (χ4v) is 3.62. The molecule has 5 heteroatoms. The summed E-state index contributed by atoms with van der Waals surface area (Å²) < 4.78 is 10.6. The third-order valence-electron chi connectivity index (χ3n) is 4.85. The normalized spacial score (nSPS) is 34.0. The maximum Gasteiger partial charge on any atom is 0.309 e. The minimum atomic E-state index is -0.630. The van der Waals surface area contributed by atoms with Crippen LogP contribution in [0.1, 0.15) is 47.0 Å². The van der Waals surface area contributed by atoms with Crippen LogP contribution < -0.4 is 0 Å². The number of hydrogen-bond acceptors (Lipinski definition) is 5. The van der Waals surface area contributed by atoms with E-state index < -0.39 is 6.10 Å². The summed E-state index contributed by atoms with van der Waals surface area (Å²) >= 11 is 0. The van der Waals surface area contributed by atoms with Crippen LogP contribution in [0.25, 0.3) is 0 Å². The van der Waals surface area contributed by atoms with Crippen molar-refractivity contribution in [3.63, 3.8) is 0 Å². The second-order valence-electron chi connectivity index (χ2n) is 6.68. The average molecular weight is 310 g/mol. The fraction of sp³-hybridized carbons (Fsp3) is 0.765. The van der Waals surface area contributed by atoms with E-state index in [2.05, 4.69) is 6.08 Å². The summed E-state index contributed by atoms with van der Waals surface area (Å²) in [5, 5.41) is 10.5. The molecule has 1 aliphatic carbocycles. The van der Waals surface area contributed by atoms with E-state index in [-0.39, 0.29) is 41.9 Å². The van der Waals surface area contributed by atoms with Crippen LogP contribution in [0.15, 0.2) is 11.6 Å². The molecule has 22 heavy (non-hydrogen) atoms. The summed E-state index contributed by atoms with van der Waals surface area (Å²) in [6.45, 7) is 7.11. The van der Waals surface area contributed by atoms with Gasteiger partial charge in [-0.25, -0.2) is 0 Å². The fourth-order valence-electron chi connectivity index (χ4n) is 3.62. The molecule has 0 amide bonds. The number of rotatable bonds is 4. The predicted octanol–water partition coefficient (Wildman–Crippen LogP) is 2.22. The Bertz CT molecular complexity index is 470. The zero-order valence-corrected chi connectivity index (χ0v) is 13.7. The van der Waals surface area contributed by atoms with Gasteiger partial charge in [-0.05, 0) is 31.3 Å². The van der Waals surface area contributed by atoms with Gasteiger partial charge in [-0.15, -0.1) is 0 Å². The van der Waals surface area contributed by atoms with Crippen molar-refractivity contribution in [3.05, 3.63) is 11.6 Å². The van der Waals surface area contributed by atoms with Gasteiger partial charge in [0.2, 0.25) is 0 Å². The van der Waals surface area contributed by atoms with Gasteiger partial charge >= 0.3 is 11.9 Å². The number of allylic oxidation sites excluding steroid dienone is 1. The van der Waals surface area contributed by atoms with Gasteiger partial charge in [0.05, 0.1) is 12.0 Å². The molecule has 0 aromatic heterocycles. The molecule has 1 saturated heterocycles. The van der Waals surface area contributed by atoms with Crippen molar-refractivity contribution in [1.82, 2.24) is 0 Å². The van der Waals surface area contributed by atoms with E-state index in [1.807, 2.05) is 13.8 Å². The highest BCUT2D eigenvalue weighted by molar-refractivity contribution is 5.74.